The van der Waals surface area contributed by atoms with Crippen LogP contribution in [0.3, 0.4) is 0 Å². The lowest BCUT2D eigenvalue weighted by molar-refractivity contribution is -0.137. The molecule has 0 fully saturated rings. The maximum atomic E-state index is 13.8. The fourth-order valence-electron chi connectivity index (χ4n) is 3.48. The van der Waals surface area contributed by atoms with E-state index in [2.05, 4.69) is 32.5 Å². The summed E-state index contributed by atoms with van der Waals surface area (Å²) in [5.41, 5.74) is -0.592. The van der Waals surface area contributed by atoms with Gasteiger partial charge in [0.15, 0.2) is 0 Å². The van der Waals surface area contributed by atoms with Crippen molar-refractivity contribution in [3.63, 3.8) is 0 Å². The molecule has 3 amide bonds. The zero-order valence-corrected chi connectivity index (χ0v) is 19.9. The molecule has 0 atom stereocenters. The number of urea groups is 1. The third-order valence-electron chi connectivity index (χ3n) is 5.21. The summed E-state index contributed by atoms with van der Waals surface area (Å²) in [5.74, 6) is 0.698. The highest BCUT2D eigenvalue weighted by Gasteiger charge is 2.34. The highest BCUT2D eigenvalue weighted by molar-refractivity contribution is 6.00. The monoisotopic (exact) mass is 522 g/mol. The second-order valence-electron chi connectivity index (χ2n) is 7.75. The first kappa shape index (κ1) is 25.9. The van der Waals surface area contributed by atoms with Crippen LogP contribution in [0, 0.1) is 0 Å². The lowest BCUT2D eigenvalue weighted by Gasteiger charge is -2.17. The van der Waals surface area contributed by atoms with Crippen LogP contribution in [0.2, 0.25) is 0 Å². The third-order valence-corrected chi connectivity index (χ3v) is 5.21. The number of nitrogens with zero attached hydrogens (tertiary/aromatic N) is 3. The summed E-state index contributed by atoms with van der Waals surface area (Å²) in [6.45, 7) is 3.56. The first-order valence-electron chi connectivity index (χ1n) is 11.1. The molecular weight excluding hydrogens is 501 g/mol. The van der Waals surface area contributed by atoms with Crippen LogP contribution in [0.25, 0.3) is 11.8 Å². The van der Waals surface area contributed by atoms with Gasteiger partial charge in [-0.15, -0.1) is 0 Å². The Morgan fingerprint density at radius 3 is 2.34 bits per heavy atom. The quantitative estimate of drug-likeness (QED) is 0.287. The van der Waals surface area contributed by atoms with Crippen LogP contribution < -0.4 is 20.7 Å². The zero-order valence-electron chi connectivity index (χ0n) is 19.9. The van der Waals surface area contributed by atoms with Gasteiger partial charge < -0.3 is 20.7 Å². The average molecular weight is 522 g/mol. The Morgan fingerprint density at radius 2 is 1.66 bits per heavy atom. The van der Waals surface area contributed by atoms with Gasteiger partial charge in [-0.25, -0.2) is 9.78 Å². The van der Waals surface area contributed by atoms with Crippen molar-refractivity contribution in [2.45, 2.75) is 6.18 Å². The molecule has 0 radical (unpaired) electrons. The van der Waals surface area contributed by atoms with E-state index in [0.717, 1.165) is 6.07 Å². The van der Waals surface area contributed by atoms with Crippen LogP contribution in [0.5, 0.6) is 11.5 Å². The highest BCUT2D eigenvalue weighted by atomic mass is 19.4. The van der Waals surface area contributed by atoms with E-state index in [9.17, 15) is 22.8 Å². The van der Waals surface area contributed by atoms with Crippen LogP contribution in [0.15, 0.2) is 79.8 Å². The maximum absolute atomic E-state index is 13.8. The van der Waals surface area contributed by atoms with Gasteiger partial charge in [0, 0.05) is 43.1 Å². The number of alkyl halides is 3. The Balaban J connectivity index is 1.44. The van der Waals surface area contributed by atoms with E-state index in [1.165, 1.54) is 54.5 Å². The van der Waals surface area contributed by atoms with Gasteiger partial charge in [-0.05, 0) is 54.6 Å². The number of aromatic nitrogens is 3. The number of halogens is 3. The number of pyridine rings is 1. The minimum absolute atomic E-state index is 0.0524. The second-order valence-corrected chi connectivity index (χ2v) is 7.75. The number of benzene rings is 2. The molecule has 194 valence electrons. The normalized spacial score (nSPS) is 10.9. The molecule has 12 heteroatoms. The first-order chi connectivity index (χ1) is 18.2. The van der Waals surface area contributed by atoms with Crippen molar-refractivity contribution in [3.8, 4) is 17.2 Å². The van der Waals surface area contributed by atoms with E-state index in [0.29, 0.717) is 17.2 Å². The number of anilines is 2. The van der Waals surface area contributed by atoms with Crippen molar-refractivity contribution in [2.75, 3.05) is 17.7 Å². The summed E-state index contributed by atoms with van der Waals surface area (Å²) < 4.78 is 48.3. The molecule has 0 spiro atoms. The number of hydrogen-bond acceptors (Lipinski definition) is 5. The summed E-state index contributed by atoms with van der Waals surface area (Å²) >= 11 is 0. The zero-order chi connectivity index (χ0) is 27.3. The molecule has 0 bridgehead atoms. The number of amides is 3. The molecule has 0 aliphatic heterocycles. The van der Waals surface area contributed by atoms with Gasteiger partial charge in [0.2, 0.25) is 0 Å². The summed E-state index contributed by atoms with van der Waals surface area (Å²) in [7, 11) is 1.49. The van der Waals surface area contributed by atoms with Crippen LogP contribution in [0.1, 0.15) is 21.9 Å². The molecule has 2 heterocycles. The largest absolute Gasteiger partial charge is 0.457 e. The molecule has 9 nitrogen and oxygen atoms in total. The van der Waals surface area contributed by atoms with E-state index >= 15 is 0 Å². The standard InChI is InChI=1S/C26H21F3N6O3/c1-3-23-32-12-13-35(23)22-9-6-17(14-20(22)26(27,28)29)34-25(37)33-16-4-7-18(8-5-16)38-19-10-11-31-21(15-19)24(36)30-2/h3-15H,1H2,2H3,(H,30,36)(H2,33,34,37). The summed E-state index contributed by atoms with van der Waals surface area (Å²) in [5, 5.41) is 7.44. The minimum atomic E-state index is -4.68. The number of hydrogen-bond donors (Lipinski definition) is 3. The Hall–Kier alpha value is -5.13. The van der Waals surface area contributed by atoms with Gasteiger partial charge in [0.05, 0.1) is 11.3 Å². The van der Waals surface area contributed by atoms with E-state index in [4.69, 9.17) is 4.74 Å². The molecule has 3 N–H and O–H groups in total. The van der Waals surface area contributed by atoms with Crippen LogP contribution >= 0.6 is 0 Å². The van der Waals surface area contributed by atoms with Gasteiger partial charge in [-0.2, -0.15) is 13.2 Å². The van der Waals surface area contributed by atoms with Crippen molar-refractivity contribution < 1.29 is 27.5 Å². The Morgan fingerprint density at radius 1 is 0.947 bits per heavy atom. The SMILES string of the molecule is C=Cc1nccn1-c1ccc(NC(=O)Nc2ccc(Oc3ccnc(C(=O)NC)c3)cc2)cc1C(F)(F)F. The summed E-state index contributed by atoms with van der Waals surface area (Å²) in [4.78, 5) is 32.1. The van der Waals surface area contributed by atoms with Gasteiger partial charge >= 0.3 is 12.2 Å². The number of rotatable bonds is 7. The topological polar surface area (TPSA) is 110 Å². The molecule has 0 saturated carbocycles. The molecule has 2 aromatic carbocycles. The molecule has 0 aliphatic rings. The van der Waals surface area contributed by atoms with E-state index in [1.807, 2.05) is 0 Å². The Labute approximate surface area is 215 Å². The molecule has 4 rings (SSSR count). The molecule has 0 unspecified atom stereocenters. The number of carbonyl (C=O) groups is 2. The highest BCUT2D eigenvalue weighted by Crippen LogP contribution is 2.36. The fourth-order valence-corrected chi connectivity index (χ4v) is 3.48. The van der Waals surface area contributed by atoms with E-state index < -0.39 is 17.8 Å². The summed E-state index contributed by atoms with van der Waals surface area (Å²) in [6.07, 6.45) is 0.856. The Bertz CT molecular complexity index is 1480. The predicted molar refractivity (Wildman–Crippen MR) is 135 cm³/mol. The number of imidazole rings is 1. The molecule has 0 aliphatic carbocycles. The second kappa shape index (κ2) is 10.9. The van der Waals surface area contributed by atoms with Crippen molar-refractivity contribution in [2.24, 2.45) is 0 Å². The molecular formula is C26H21F3N6O3. The summed E-state index contributed by atoms with van der Waals surface area (Å²) in [6, 6.07) is 12.0. The average Bonchev–Trinajstić information content (AvgIpc) is 3.38. The smallest absolute Gasteiger partial charge is 0.418 e. The molecule has 0 saturated heterocycles. The minimum Gasteiger partial charge on any atom is -0.457 e. The molecule has 38 heavy (non-hydrogen) atoms. The van der Waals surface area contributed by atoms with Gasteiger partial charge in [0.1, 0.15) is 23.0 Å². The van der Waals surface area contributed by atoms with Gasteiger partial charge in [-0.3, -0.25) is 14.3 Å². The first-order valence-corrected chi connectivity index (χ1v) is 11.1. The van der Waals surface area contributed by atoms with Gasteiger partial charge in [-0.1, -0.05) is 6.58 Å². The fraction of sp³-hybridized carbons (Fsp3) is 0.0769. The molecule has 4 aromatic rings. The van der Waals surface area contributed by atoms with Crippen LogP contribution in [0.4, 0.5) is 29.3 Å². The van der Waals surface area contributed by atoms with E-state index in [-0.39, 0.29) is 28.8 Å². The van der Waals surface area contributed by atoms with Crippen molar-refractivity contribution >= 4 is 29.4 Å². The predicted octanol–water partition coefficient (Wildman–Crippen LogP) is 5.73. The number of carbonyl (C=O) groups excluding carboxylic acids is 2. The lowest BCUT2D eigenvalue weighted by Crippen LogP contribution is -2.20. The van der Waals surface area contributed by atoms with E-state index in [1.54, 1.807) is 30.3 Å². The van der Waals surface area contributed by atoms with Crippen LogP contribution in [-0.2, 0) is 6.18 Å². The van der Waals surface area contributed by atoms with Crippen molar-refractivity contribution in [1.82, 2.24) is 19.9 Å². The lowest BCUT2D eigenvalue weighted by atomic mass is 10.1. The third kappa shape index (κ3) is 5.98. The van der Waals surface area contributed by atoms with Crippen molar-refractivity contribution in [1.29, 1.82) is 0 Å². The maximum Gasteiger partial charge on any atom is 0.418 e. The number of ether oxygens (including phenoxy) is 1. The van der Waals surface area contributed by atoms with Crippen LogP contribution in [-0.4, -0.2) is 33.5 Å². The molecule has 2 aromatic heterocycles. The number of nitrogens with one attached hydrogen (secondary N) is 3. The van der Waals surface area contributed by atoms with Crippen molar-refractivity contribution in [3.05, 3.63) is 96.8 Å². The Kier molecular flexibility index (Phi) is 7.42. The van der Waals surface area contributed by atoms with Gasteiger partial charge in [0.25, 0.3) is 5.91 Å².